The molecule has 3 heterocycles. The van der Waals surface area contributed by atoms with Crippen LogP contribution in [0.25, 0.3) is 10.9 Å². The van der Waals surface area contributed by atoms with Crippen LogP contribution in [0.3, 0.4) is 0 Å². The minimum atomic E-state index is -0.353. The Morgan fingerprint density at radius 3 is 2.39 bits per heavy atom. The second kappa shape index (κ2) is 8.05. The van der Waals surface area contributed by atoms with Crippen LogP contribution in [0.5, 0.6) is 0 Å². The average Bonchev–Trinajstić information content (AvgIpc) is 3.44. The Hall–Kier alpha value is -2.77. The first-order valence-electron chi connectivity index (χ1n) is 10.1. The van der Waals surface area contributed by atoms with Gasteiger partial charge in [0.1, 0.15) is 6.61 Å². The molecule has 0 radical (unpaired) electrons. The Kier molecular flexibility index (Phi) is 5.24. The molecule has 2 atom stereocenters. The zero-order chi connectivity index (χ0) is 21.5. The van der Waals surface area contributed by atoms with E-state index in [1.165, 1.54) is 0 Å². The van der Waals surface area contributed by atoms with Crippen molar-refractivity contribution in [3.05, 3.63) is 63.8 Å². The van der Waals surface area contributed by atoms with Crippen LogP contribution in [-0.4, -0.2) is 58.2 Å². The Balaban J connectivity index is 1.16. The van der Waals surface area contributed by atoms with Gasteiger partial charge in [-0.1, -0.05) is 23.2 Å². The third-order valence-corrected chi connectivity index (χ3v) is 6.44. The summed E-state index contributed by atoms with van der Waals surface area (Å²) in [6.07, 6.45) is 1.36. The number of hydrogen-bond acceptors (Lipinski definition) is 4. The first-order chi connectivity index (χ1) is 15.0. The largest absolute Gasteiger partial charge is 0.445 e. The molecule has 2 saturated heterocycles. The van der Waals surface area contributed by atoms with E-state index < -0.39 is 0 Å². The van der Waals surface area contributed by atoms with Crippen molar-refractivity contribution in [3.63, 3.8) is 0 Å². The molecule has 2 aromatic carbocycles. The van der Waals surface area contributed by atoms with Crippen molar-refractivity contribution in [1.29, 1.82) is 0 Å². The van der Waals surface area contributed by atoms with E-state index >= 15 is 0 Å². The van der Waals surface area contributed by atoms with Crippen LogP contribution in [0.4, 0.5) is 4.79 Å². The number of hydrogen-bond donors (Lipinski definition) is 1. The van der Waals surface area contributed by atoms with E-state index in [2.05, 4.69) is 10.2 Å². The fourth-order valence-electron chi connectivity index (χ4n) is 4.50. The van der Waals surface area contributed by atoms with E-state index in [4.69, 9.17) is 27.9 Å². The number of carbonyl (C=O) groups excluding carboxylic acids is 2. The number of likely N-dealkylation sites (tertiary alicyclic amines) is 2. The number of nitrogens with one attached hydrogen (secondary N) is 1. The Morgan fingerprint density at radius 1 is 1.00 bits per heavy atom. The van der Waals surface area contributed by atoms with Gasteiger partial charge in [0, 0.05) is 59.0 Å². The highest BCUT2D eigenvalue weighted by atomic mass is 35.5. The fraction of sp³-hybridized carbons (Fsp3) is 0.318. The van der Waals surface area contributed by atoms with Gasteiger partial charge in [0.2, 0.25) is 0 Å². The van der Waals surface area contributed by atoms with Crippen molar-refractivity contribution in [1.82, 2.24) is 20.0 Å². The van der Waals surface area contributed by atoms with Gasteiger partial charge in [-0.3, -0.25) is 9.89 Å². The summed E-state index contributed by atoms with van der Waals surface area (Å²) in [4.78, 5) is 29.1. The van der Waals surface area contributed by atoms with Crippen LogP contribution in [-0.2, 0) is 11.3 Å². The van der Waals surface area contributed by atoms with Gasteiger partial charge in [0.15, 0.2) is 0 Å². The normalized spacial score (nSPS) is 20.3. The number of halogens is 2. The van der Waals surface area contributed by atoms with Crippen LogP contribution in [0.15, 0.2) is 42.6 Å². The number of amides is 2. The minimum absolute atomic E-state index is 0.0180. The SMILES string of the molecule is O=C(OCc1cc(Cl)cc(Cl)c1)N1C[C@@H]2CN(C(=O)c3ccc4[nH]ncc4c3)C[C@@H]2C1. The predicted octanol–water partition coefficient (Wildman–Crippen LogP) is 4.21. The predicted molar refractivity (Wildman–Crippen MR) is 117 cm³/mol. The molecular weight excluding hydrogens is 439 g/mol. The van der Waals surface area contributed by atoms with Crippen molar-refractivity contribution >= 4 is 46.1 Å². The lowest BCUT2D eigenvalue weighted by molar-refractivity contribution is 0.0764. The summed E-state index contributed by atoms with van der Waals surface area (Å²) in [5, 5.41) is 8.82. The summed E-state index contributed by atoms with van der Waals surface area (Å²) >= 11 is 12.0. The molecule has 0 unspecified atom stereocenters. The van der Waals surface area contributed by atoms with E-state index in [1.807, 2.05) is 23.1 Å². The van der Waals surface area contributed by atoms with Crippen LogP contribution in [0.1, 0.15) is 15.9 Å². The molecule has 1 aromatic heterocycles. The number of aromatic nitrogens is 2. The summed E-state index contributed by atoms with van der Waals surface area (Å²) in [6, 6.07) is 10.6. The van der Waals surface area contributed by atoms with Crippen molar-refractivity contribution < 1.29 is 14.3 Å². The fourth-order valence-corrected chi connectivity index (χ4v) is 5.07. The number of ether oxygens (including phenoxy) is 1. The standard InChI is InChI=1S/C22H20Cl2N4O3/c23-18-3-13(4-19(24)6-18)12-31-22(30)28-10-16-8-27(9-17(16)11-28)21(29)14-1-2-20-15(5-14)7-25-26-20/h1-7,16-17H,8-12H2,(H,25,26)/t16-,17+. The van der Waals surface area contributed by atoms with Gasteiger partial charge in [-0.15, -0.1) is 0 Å². The highest BCUT2D eigenvalue weighted by molar-refractivity contribution is 6.34. The van der Waals surface area contributed by atoms with E-state index in [1.54, 1.807) is 29.3 Å². The molecule has 2 amide bonds. The second-order valence-electron chi connectivity index (χ2n) is 8.14. The topological polar surface area (TPSA) is 78.5 Å². The summed E-state index contributed by atoms with van der Waals surface area (Å²) in [5.41, 5.74) is 2.31. The molecule has 2 aliphatic rings. The minimum Gasteiger partial charge on any atom is -0.445 e. The maximum atomic E-state index is 12.9. The van der Waals surface area contributed by atoms with E-state index in [-0.39, 0.29) is 30.4 Å². The van der Waals surface area contributed by atoms with Crippen molar-refractivity contribution in [2.45, 2.75) is 6.61 Å². The van der Waals surface area contributed by atoms with Gasteiger partial charge >= 0.3 is 6.09 Å². The molecule has 7 nitrogen and oxygen atoms in total. The van der Waals surface area contributed by atoms with Crippen LogP contribution in [0, 0.1) is 11.8 Å². The number of fused-ring (bicyclic) bond motifs is 2. The molecule has 2 fully saturated rings. The molecule has 0 aliphatic carbocycles. The van der Waals surface area contributed by atoms with Gasteiger partial charge in [-0.05, 0) is 42.0 Å². The molecule has 0 bridgehead atoms. The monoisotopic (exact) mass is 458 g/mol. The quantitative estimate of drug-likeness (QED) is 0.637. The molecule has 3 aromatic rings. The second-order valence-corrected chi connectivity index (χ2v) is 9.01. The highest BCUT2D eigenvalue weighted by Crippen LogP contribution is 2.32. The molecule has 1 N–H and O–H groups in total. The molecule has 0 saturated carbocycles. The van der Waals surface area contributed by atoms with Gasteiger partial charge in [-0.2, -0.15) is 5.10 Å². The number of benzene rings is 2. The number of rotatable bonds is 3. The Morgan fingerprint density at radius 2 is 1.68 bits per heavy atom. The summed E-state index contributed by atoms with van der Waals surface area (Å²) in [5.74, 6) is 0.536. The van der Waals surface area contributed by atoms with Crippen molar-refractivity contribution in [3.8, 4) is 0 Å². The van der Waals surface area contributed by atoms with Gasteiger partial charge < -0.3 is 14.5 Å². The smallest absolute Gasteiger partial charge is 0.410 e. The van der Waals surface area contributed by atoms with Crippen molar-refractivity contribution in [2.75, 3.05) is 26.2 Å². The summed E-state index contributed by atoms with van der Waals surface area (Å²) < 4.78 is 5.44. The maximum Gasteiger partial charge on any atom is 0.410 e. The van der Waals surface area contributed by atoms with Crippen LogP contribution >= 0.6 is 23.2 Å². The van der Waals surface area contributed by atoms with Gasteiger partial charge in [0.25, 0.3) is 5.91 Å². The molecule has 31 heavy (non-hydrogen) atoms. The van der Waals surface area contributed by atoms with Crippen molar-refractivity contribution in [2.24, 2.45) is 11.8 Å². The van der Waals surface area contributed by atoms with Crippen LogP contribution in [0.2, 0.25) is 10.0 Å². The zero-order valence-corrected chi connectivity index (χ0v) is 18.1. The number of carbonyl (C=O) groups is 2. The molecule has 2 aliphatic heterocycles. The summed E-state index contributed by atoms with van der Waals surface area (Å²) in [6.45, 7) is 2.57. The Labute approximate surface area is 188 Å². The number of aromatic amines is 1. The van der Waals surface area contributed by atoms with Gasteiger partial charge in [-0.25, -0.2) is 4.79 Å². The first-order valence-corrected chi connectivity index (χ1v) is 10.8. The lowest BCUT2D eigenvalue weighted by Crippen LogP contribution is -2.35. The van der Waals surface area contributed by atoms with Crippen LogP contribution < -0.4 is 0 Å². The molecule has 160 valence electrons. The average molecular weight is 459 g/mol. The molecule has 9 heteroatoms. The molecule has 0 spiro atoms. The van der Waals surface area contributed by atoms with E-state index in [0.29, 0.717) is 41.8 Å². The van der Waals surface area contributed by atoms with Gasteiger partial charge in [0.05, 0.1) is 11.7 Å². The number of nitrogens with zero attached hydrogens (tertiary/aromatic N) is 3. The van der Waals surface area contributed by atoms with E-state index in [0.717, 1.165) is 16.5 Å². The molecular formula is C22H20Cl2N4O3. The first kappa shape index (κ1) is 20.2. The zero-order valence-electron chi connectivity index (χ0n) is 16.6. The lowest BCUT2D eigenvalue weighted by atomic mass is 10.0. The molecule has 5 rings (SSSR count). The third-order valence-electron chi connectivity index (χ3n) is 6.00. The number of H-pyrrole nitrogens is 1. The lowest BCUT2D eigenvalue weighted by Gasteiger charge is -2.21. The maximum absolute atomic E-state index is 12.9. The third kappa shape index (κ3) is 4.07. The van der Waals surface area contributed by atoms with E-state index in [9.17, 15) is 9.59 Å². The Bertz CT molecular complexity index is 1130. The summed E-state index contributed by atoms with van der Waals surface area (Å²) in [7, 11) is 0. The highest BCUT2D eigenvalue weighted by Gasteiger charge is 2.43.